The van der Waals surface area contributed by atoms with Crippen LogP contribution in [0.3, 0.4) is 0 Å². The predicted octanol–water partition coefficient (Wildman–Crippen LogP) is 4.87. The summed E-state index contributed by atoms with van der Waals surface area (Å²) >= 11 is 0. The summed E-state index contributed by atoms with van der Waals surface area (Å²) in [6.07, 6.45) is 0. The summed E-state index contributed by atoms with van der Waals surface area (Å²) in [5.74, 6) is -0.549. The van der Waals surface area contributed by atoms with E-state index in [2.05, 4.69) is 4.98 Å². The van der Waals surface area contributed by atoms with Crippen molar-refractivity contribution in [1.82, 2.24) is 4.98 Å². The first kappa shape index (κ1) is 19.8. The molecule has 1 N–H and O–H groups in total. The molecule has 7 heteroatoms. The highest BCUT2D eigenvalue weighted by atomic mass is 31.1. The van der Waals surface area contributed by atoms with Gasteiger partial charge in [-0.1, -0.05) is 42.5 Å². The first-order chi connectivity index (χ1) is 13.3. The standard InChI is InChI=1S/C21H20NO5P/c1-21(2,3)20(24)26-12-14-11-17(22-19(23)18(14)27-28-25)16-10-6-8-13-7-4-5-9-15(13)16/h4-11H,12H2,1-3H3,(H,22,23). The van der Waals surface area contributed by atoms with Crippen molar-refractivity contribution in [1.29, 1.82) is 0 Å². The summed E-state index contributed by atoms with van der Waals surface area (Å²) in [5.41, 5.74) is 0.490. The maximum atomic E-state index is 12.5. The number of esters is 1. The molecule has 2 aromatic carbocycles. The van der Waals surface area contributed by atoms with Crippen molar-refractivity contribution in [3.05, 3.63) is 64.4 Å². The van der Waals surface area contributed by atoms with Gasteiger partial charge in [-0.25, -0.2) is 4.57 Å². The second-order valence-electron chi connectivity index (χ2n) is 7.39. The lowest BCUT2D eigenvalue weighted by Gasteiger charge is -2.17. The van der Waals surface area contributed by atoms with Crippen LogP contribution in [0.5, 0.6) is 5.75 Å². The van der Waals surface area contributed by atoms with Gasteiger partial charge in [0, 0.05) is 16.8 Å². The largest absolute Gasteiger partial charge is 0.460 e. The minimum absolute atomic E-state index is 0.137. The molecule has 0 aliphatic rings. The fourth-order valence-electron chi connectivity index (χ4n) is 2.81. The number of rotatable bonds is 5. The number of carbonyl (C=O) groups is 1. The van der Waals surface area contributed by atoms with Crippen LogP contribution in [0.25, 0.3) is 22.0 Å². The van der Waals surface area contributed by atoms with Gasteiger partial charge in [0.25, 0.3) is 5.56 Å². The molecule has 0 fully saturated rings. The number of fused-ring (bicyclic) bond motifs is 1. The van der Waals surface area contributed by atoms with Crippen LogP contribution in [0, 0.1) is 5.41 Å². The van der Waals surface area contributed by atoms with Crippen LogP contribution in [-0.4, -0.2) is 11.0 Å². The van der Waals surface area contributed by atoms with E-state index in [1.54, 1.807) is 26.8 Å². The SMILES string of the molecule is CC(C)(C)C(=O)OCc1cc(-c2cccc3ccccc23)[nH]c(=O)c1OP=O. The van der Waals surface area contributed by atoms with Crippen LogP contribution in [0.2, 0.25) is 0 Å². The summed E-state index contributed by atoms with van der Waals surface area (Å²) < 4.78 is 21.2. The molecule has 0 saturated heterocycles. The Kier molecular flexibility index (Phi) is 5.61. The summed E-state index contributed by atoms with van der Waals surface area (Å²) in [5, 5.41) is 1.99. The monoisotopic (exact) mass is 397 g/mol. The maximum Gasteiger partial charge on any atom is 0.396 e. The Morgan fingerprint density at radius 3 is 2.54 bits per heavy atom. The normalized spacial score (nSPS) is 11.5. The lowest BCUT2D eigenvalue weighted by molar-refractivity contribution is -0.154. The number of hydrogen-bond donors (Lipinski definition) is 1. The Balaban J connectivity index is 2.08. The van der Waals surface area contributed by atoms with Crippen molar-refractivity contribution >= 4 is 25.4 Å². The molecule has 0 radical (unpaired) electrons. The quantitative estimate of drug-likeness (QED) is 0.490. The van der Waals surface area contributed by atoms with E-state index in [-0.39, 0.29) is 12.4 Å². The van der Waals surface area contributed by atoms with E-state index in [1.807, 2.05) is 42.5 Å². The van der Waals surface area contributed by atoms with Crippen molar-refractivity contribution < 1.29 is 18.6 Å². The Morgan fingerprint density at radius 1 is 1.11 bits per heavy atom. The average Bonchev–Trinajstić information content (AvgIpc) is 2.66. The zero-order chi connectivity index (χ0) is 20.3. The smallest absolute Gasteiger partial charge is 0.396 e. The third-order valence-electron chi connectivity index (χ3n) is 4.24. The summed E-state index contributed by atoms with van der Waals surface area (Å²) in [6, 6.07) is 15.3. The van der Waals surface area contributed by atoms with Crippen molar-refractivity contribution in [2.75, 3.05) is 0 Å². The maximum absolute atomic E-state index is 12.5. The predicted molar refractivity (Wildman–Crippen MR) is 107 cm³/mol. The number of nitrogens with one attached hydrogen (secondary N) is 1. The summed E-state index contributed by atoms with van der Waals surface area (Å²) in [7, 11) is -0.665. The Bertz CT molecular complexity index is 1090. The van der Waals surface area contributed by atoms with Crippen molar-refractivity contribution in [2.45, 2.75) is 27.4 Å². The van der Waals surface area contributed by atoms with Crippen LogP contribution < -0.4 is 10.1 Å². The summed E-state index contributed by atoms with van der Waals surface area (Å²) in [4.78, 5) is 27.4. The van der Waals surface area contributed by atoms with Gasteiger partial charge in [0.1, 0.15) is 6.61 Å². The molecule has 28 heavy (non-hydrogen) atoms. The van der Waals surface area contributed by atoms with Crippen molar-refractivity contribution in [3.8, 4) is 17.0 Å². The van der Waals surface area contributed by atoms with Gasteiger partial charge in [0.2, 0.25) is 5.75 Å². The highest BCUT2D eigenvalue weighted by molar-refractivity contribution is 7.17. The number of carbonyl (C=O) groups excluding carboxylic acids is 1. The molecule has 3 rings (SSSR count). The molecule has 1 heterocycles. The minimum atomic E-state index is -0.683. The Labute approximate surface area is 163 Å². The Hall–Kier alpha value is -2.98. The number of H-pyrrole nitrogens is 1. The molecule has 0 aliphatic heterocycles. The Morgan fingerprint density at radius 2 is 1.82 bits per heavy atom. The van der Waals surface area contributed by atoms with Gasteiger partial charge in [-0.05, 0) is 37.6 Å². The van der Waals surface area contributed by atoms with Crippen LogP contribution in [0.4, 0.5) is 0 Å². The van der Waals surface area contributed by atoms with Gasteiger partial charge in [-0.3, -0.25) is 9.59 Å². The number of aromatic amines is 1. The highest BCUT2D eigenvalue weighted by Gasteiger charge is 2.24. The fraction of sp³-hybridized carbons (Fsp3) is 0.238. The van der Waals surface area contributed by atoms with E-state index >= 15 is 0 Å². The fourth-order valence-corrected chi connectivity index (χ4v) is 3.09. The number of hydrogen-bond acceptors (Lipinski definition) is 5. The summed E-state index contributed by atoms with van der Waals surface area (Å²) in [6.45, 7) is 5.05. The number of benzene rings is 2. The van der Waals surface area contributed by atoms with E-state index in [9.17, 15) is 14.2 Å². The first-order valence-corrected chi connectivity index (χ1v) is 9.45. The third-order valence-corrected chi connectivity index (χ3v) is 4.50. The van der Waals surface area contributed by atoms with E-state index in [1.165, 1.54) is 0 Å². The van der Waals surface area contributed by atoms with E-state index < -0.39 is 25.6 Å². The van der Waals surface area contributed by atoms with Crippen LogP contribution in [0.15, 0.2) is 53.3 Å². The molecule has 0 aliphatic carbocycles. The molecule has 0 saturated carbocycles. The number of aromatic nitrogens is 1. The zero-order valence-corrected chi connectivity index (χ0v) is 16.7. The van der Waals surface area contributed by atoms with E-state index in [0.717, 1.165) is 16.3 Å². The lowest BCUT2D eigenvalue weighted by Crippen LogP contribution is -2.23. The molecule has 0 atom stereocenters. The zero-order valence-electron chi connectivity index (χ0n) is 15.8. The van der Waals surface area contributed by atoms with E-state index in [4.69, 9.17) is 9.26 Å². The van der Waals surface area contributed by atoms with Crippen LogP contribution >= 0.6 is 8.69 Å². The van der Waals surface area contributed by atoms with Crippen molar-refractivity contribution in [2.24, 2.45) is 5.41 Å². The van der Waals surface area contributed by atoms with E-state index in [0.29, 0.717) is 11.3 Å². The molecule has 3 aromatic rings. The molecule has 1 aromatic heterocycles. The molecule has 0 bridgehead atoms. The van der Waals surface area contributed by atoms with Gasteiger partial charge in [0.05, 0.1) is 5.41 Å². The highest BCUT2D eigenvalue weighted by Crippen LogP contribution is 2.30. The van der Waals surface area contributed by atoms with Gasteiger partial charge in [-0.15, -0.1) is 0 Å². The van der Waals surface area contributed by atoms with Gasteiger partial charge in [-0.2, -0.15) is 0 Å². The van der Waals surface area contributed by atoms with Gasteiger partial charge < -0.3 is 14.2 Å². The lowest BCUT2D eigenvalue weighted by atomic mass is 9.97. The molecule has 0 unspecified atom stereocenters. The number of ether oxygens (including phenoxy) is 1. The van der Waals surface area contributed by atoms with Crippen LogP contribution in [-0.2, 0) is 20.7 Å². The molecule has 144 valence electrons. The number of pyridine rings is 1. The topological polar surface area (TPSA) is 85.5 Å². The average molecular weight is 397 g/mol. The second-order valence-corrected chi connectivity index (χ2v) is 7.72. The third kappa shape index (κ3) is 4.12. The minimum Gasteiger partial charge on any atom is -0.460 e. The van der Waals surface area contributed by atoms with Crippen LogP contribution in [0.1, 0.15) is 26.3 Å². The molecular formula is C21H20NO5P. The van der Waals surface area contributed by atoms with Gasteiger partial charge in [0.15, 0.2) is 0 Å². The molecule has 0 spiro atoms. The molecular weight excluding hydrogens is 377 g/mol. The first-order valence-electron chi connectivity index (χ1n) is 8.72. The second kappa shape index (κ2) is 7.95. The van der Waals surface area contributed by atoms with Gasteiger partial charge >= 0.3 is 14.7 Å². The van der Waals surface area contributed by atoms with Crippen molar-refractivity contribution in [3.63, 3.8) is 0 Å². The molecule has 0 amide bonds. The molecule has 6 nitrogen and oxygen atoms in total.